The van der Waals surface area contributed by atoms with Crippen molar-refractivity contribution in [2.75, 3.05) is 18.0 Å². The molecule has 4 heteroatoms. The van der Waals surface area contributed by atoms with Gasteiger partial charge in [-0.25, -0.2) is 9.97 Å². The number of anilines is 1. The van der Waals surface area contributed by atoms with Crippen LogP contribution in [-0.2, 0) is 0 Å². The smallest absolute Gasteiger partial charge is 0.135 e. The van der Waals surface area contributed by atoms with Crippen LogP contribution in [0.3, 0.4) is 0 Å². The van der Waals surface area contributed by atoms with Crippen LogP contribution in [0.2, 0.25) is 0 Å². The van der Waals surface area contributed by atoms with Gasteiger partial charge in [-0.2, -0.15) is 0 Å². The van der Waals surface area contributed by atoms with Crippen molar-refractivity contribution in [1.82, 2.24) is 9.97 Å². The Morgan fingerprint density at radius 2 is 1.95 bits per heavy atom. The van der Waals surface area contributed by atoms with Crippen molar-refractivity contribution in [3.05, 3.63) is 16.5 Å². The fraction of sp³-hybridized carbons (Fsp3) is 0.750. The minimum atomic E-state index is 0.613. The molecule has 2 heterocycles. The van der Waals surface area contributed by atoms with Crippen LogP contribution >= 0.6 is 15.9 Å². The molecule has 0 bridgehead atoms. The average Bonchev–Trinajstić information content (AvgIpc) is 3.24. The van der Waals surface area contributed by atoms with Gasteiger partial charge in [0.15, 0.2) is 0 Å². The van der Waals surface area contributed by atoms with Gasteiger partial charge in [-0.1, -0.05) is 13.8 Å². The van der Waals surface area contributed by atoms with Crippen LogP contribution < -0.4 is 4.90 Å². The van der Waals surface area contributed by atoms with Crippen molar-refractivity contribution in [2.24, 2.45) is 11.8 Å². The highest BCUT2D eigenvalue weighted by atomic mass is 79.9. The van der Waals surface area contributed by atoms with Crippen molar-refractivity contribution in [3.63, 3.8) is 0 Å². The molecule has 2 aliphatic rings. The van der Waals surface area contributed by atoms with Crippen molar-refractivity contribution < 1.29 is 0 Å². The maximum absolute atomic E-state index is 4.82. The predicted molar refractivity (Wildman–Crippen MR) is 86.1 cm³/mol. The minimum absolute atomic E-state index is 0.613. The highest BCUT2D eigenvalue weighted by Gasteiger charge is 2.28. The second kappa shape index (κ2) is 6.00. The van der Waals surface area contributed by atoms with Gasteiger partial charge < -0.3 is 4.90 Å². The highest BCUT2D eigenvalue weighted by Crippen LogP contribution is 2.39. The molecule has 110 valence electrons. The van der Waals surface area contributed by atoms with Gasteiger partial charge in [-0.3, -0.25) is 0 Å². The SMILES string of the molecule is CC(C)C1CCCN(c2cc(Br)nc(C3CC3)n2)CC1. The van der Waals surface area contributed by atoms with E-state index in [0.717, 1.165) is 41.2 Å². The van der Waals surface area contributed by atoms with Gasteiger partial charge in [-0.15, -0.1) is 0 Å². The lowest BCUT2D eigenvalue weighted by molar-refractivity contribution is 0.351. The molecule has 2 fully saturated rings. The third kappa shape index (κ3) is 3.33. The number of hydrogen-bond acceptors (Lipinski definition) is 3. The first-order chi connectivity index (χ1) is 9.63. The molecule has 1 aliphatic heterocycles. The number of nitrogens with zero attached hydrogens (tertiary/aromatic N) is 3. The molecule has 0 spiro atoms. The Balaban J connectivity index is 1.75. The molecule has 0 aromatic carbocycles. The average molecular weight is 338 g/mol. The van der Waals surface area contributed by atoms with Crippen molar-refractivity contribution in [3.8, 4) is 0 Å². The van der Waals surface area contributed by atoms with Crippen LogP contribution in [0.4, 0.5) is 5.82 Å². The Hall–Kier alpha value is -0.640. The van der Waals surface area contributed by atoms with Crippen LogP contribution in [0.25, 0.3) is 0 Å². The molecule has 0 N–H and O–H groups in total. The molecular formula is C16H24BrN3. The van der Waals surface area contributed by atoms with E-state index < -0.39 is 0 Å². The zero-order valence-electron chi connectivity index (χ0n) is 12.5. The van der Waals surface area contributed by atoms with Gasteiger partial charge in [0, 0.05) is 25.1 Å². The quantitative estimate of drug-likeness (QED) is 0.766. The molecule has 1 aromatic heterocycles. The van der Waals surface area contributed by atoms with Gasteiger partial charge >= 0.3 is 0 Å². The summed E-state index contributed by atoms with van der Waals surface area (Å²) in [5, 5.41) is 0. The van der Waals surface area contributed by atoms with Crippen molar-refractivity contribution >= 4 is 21.7 Å². The molecule has 3 rings (SSSR count). The van der Waals surface area contributed by atoms with E-state index in [0.29, 0.717) is 5.92 Å². The molecule has 1 aliphatic carbocycles. The van der Waals surface area contributed by atoms with Crippen LogP contribution in [0.15, 0.2) is 10.7 Å². The van der Waals surface area contributed by atoms with E-state index in [1.807, 2.05) is 0 Å². The fourth-order valence-electron chi connectivity index (χ4n) is 3.13. The van der Waals surface area contributed by atoms with Crippen LogP contribution in [0.5, 0.6) is 0 Å². The Labute approximate surface area is 130 Å². The van der Waals surface area contributed by atoms with Gasteiger partial charge in [0.05, 0.1) is 0 Å². The molecule has 1 saturated heterocycles. The molecule has 0 amide bonds. The van der Waals surface area contributed by atoms with Crippen LogP contribution in [-0.4, -0.2) is 23.1 Å². The minimum Gasteiger partial charge on any atom is -0.356 e. The molecule has 0 radical (unpaired) electrons. The summed E-state index contributed by atoms with van der Waals surface area (Å²) in [5.74, 6) is 4.45. The van der Waals surface area contributed by atoms with E-state index in [4.69, 9.17) is 4.98 Å². The van der Waals surface area contributed by atoms with Gasteiger partial charge in [-0.05, 0) is 59.9 Å². The second-order valence-electron chi connectivity index (χ2n) is 6.60. The summed E-state index contributed by atoms with van der Waals surface area (Å²) in [5.41, 5.74) is 0. The van der Waals surface area contributed by atoms with E-state index >= 15 is 0 Å². The zero-order chi connectivity index (χ0) is 14.1. The third-order valence-corrected chi connectivity index (χ3v) is 5.09. The van der Waals surface area contributed by atoms with E-state index in [-0.39, 0.29) is 0 Å². The first-order valence-corrected chi connectivity index (χ1v) is 8.72. The highest BCUT2D eigenvalue weighted by molar-refractivity contribution is 9.10. The number of aromatic nitrogens is 2. The van der Waals surface area contributed by atoms with Gasteiger partial charge in [0.2, 0.25) is 0 Å². The monoisotopic (exact) mass is 337 g/mol. The Kier molecular flexibility index (Phi) is 4.29. The summed E-state index contributed by atoms with van der Waals surface area (Å²) in [6.07, 6.45) is 6.44. The number of hydrogen-bond donors (Lipinski definition) is 0. The standard InChI is InChI=1S/C16H24BrN3/c1-11(2)12-4-3-8-20(9-7-12)15-10-14(17)18-16(19-15)13-5-6-13/h10-13H,3-9H2,1-2H3. The van der Waals surface area contributed by atoms with E-state index in [1.54, 1.807) is 0 Å². The Morgan fingerprint density at radius 1 is 1.15 bits per heavy atom. The van der Waals surface area contributed by atoms with Crippen molar-refractivity contribution in [2.45, 2.75) is 51.9 Å². The van der Waals surface area contributed by atoms with E-state index in [1.165, 1.54) is 32.1 Å². The molecule has 1 unspecified atom stereocenters. The van der Waals surface area contributed by atoms with Crippen LogP contribution in [0.1, 0.15) is 57.7 Å². The summed E-state index contributed by atoms with van der Waals surface area (Å²) >= 11 is 3.55. The third-order valence-electron chi connectivity index (χ3n) is 4.68. The molecular weight excluding hydrogens is 314 g/mol. The topological polar surface area (TPSA) is 29.0 Å². The van der Waals surface area contributed by atoms with Crippen LogP contribution in [0, 0.1) is 11.8 Å². The van der Waals surface area contributed by atoms with Gasteiger partial charge in [0.25, 0.3) is 0 Å². The maximum Gasteiger partial charge on any atom is 0.135 e. The van der Waals surface area contributed by atoms with Gasteiger partial charge in [0.1, 0.15) is 16.2 Å². The molecule has 20 heavy (non-hydrogen) atoms. The lowest BCUT2D eigenvalue weighted by Crippen LogP contribution is -2.26. The first-order valence-electron chi connectivity index (χ1n) is 7.93. The summed E-state index contributed by atoms with van der Waals surface area (Å²) < 4.78 is 0.939. The maximum atomic E-state index is 4.82. The molecule has 1 aromatic rings. The molecule has 1 saturated carbocycles. The molecule has 3 nitrogen and oxygen atoms in total. The number of halogens is 1. The number of rotatable bonds is 3. The van der Waals surface area contributed by atoms with Crippen molar-refractivity contribution in [1.29, 1.82) is 0 Å². The first kappa shape index (κ1) is 14.3. The normalized spacial score (nSPS) is 24.0. The fourth-order valence-corrected chi connectivity index (χ4v) is 3.51. The predicted octanol–water partition coefficient (Wildman–Crippen LogP) is 4.38. The lowest BCUT2D eigenvalue weighted by Gasteiger charge is -2.23. The Morgan fingerprint density at radius 3 is 2.65 bits per heavy atom. The summed E-state index contributed by atoms with van der Waals surface area (Å²) in [4.78, 5) is 11.8. The zero-order valence-corrected chi connectivity index (χ0v) is 14.1. The second-order valence-corrected chi connectivity index (χ2v) is 7.42. The Bertz CT molecular complexity index is 471. The lowest BCUT2D eigenvalue weighted by atomic mass is 9.89. The van der Waals surface area contributed by atoms with E-state index in [9.17, 15) is 0 Å². The summed E-state index contributed by atoms with van der Waals surface area (Å²) in [6.45, 7) is 6.98. The largest absolute Gasteiger partial charge is 0.356 e. The van der Waals surface area contributed by atoms with E-state index in [2.05, 4.69) is 45.7 Å². The summed E-state index contributed by atoms with van der Waals surface area (Å²) in [6, 6.07) is 2.08. The summed E-state index contributed by atoms with van der Waals surface area (Å²) in [7, 11) is 0. The molecule has 1 atom stereocenters.